The summed E-state index contributed by atoms with van der Waals surface area (Å²) >= 11 is 0. The average Bonchev–Trinajstić information content (AvgIpc) is 3.27. The number of hydrogen-bond acceptors (Lipinski definition) is 8. The van der Waals surface area contributed by atoms with Gasteiger partial charge in [-0.25, -0.2) is 4.98 Å². The summed E-state index contributed by atoms with van der Waals surface area (Å²) in [6.45, 7) is 10.5. The molecule has 2 N–H and O–H groups in total. The quantitative estimate of drug-likeness (QED) is 0.493. The highest BCUT2D eigenvalue weighted by atomic mass is 16.4. The van der Waals surface area contributed by atoms with Gasteiger partial charge in [-0.3, -0.25) is 9.88 Å². The zero-order valence-corrected chi connectivity index (χ0v) is 19.5. The molecule has 6 rings (SSSR count). The monoisotopic (exact) mass is 445 g/mol. The Bertz CT molecular complexity index is 1240. The summed E-state index contributed by atoms with van der Waals surface area (Å²) in [5.74, 6) is 0.960. The summed E-state index contributed by atoms with van der Waals surface area (Å²) in [4.78, 5) is 19.0. The molecule has 2 aromatic heterocycles. The number of nitrogens with zero attached hydrogens (tertiary/aromatic N) is 5. The molecule has 0 bridgehead atoms. The summed E-state index contributed by atoms with van der Waals surface area (Å²) in [6, 6.07) is 13.4. The fourth-order valence-corrected chi connectivity index (χ4v) is 4.47. The van der Waals surface area contributed by atoms with Crippen molar-refractivity contribution in [2.75, 3.05) is 56.5 Å². The molecule has 8 nitrogen and oxygen atoms in total. The van der Waals surface area contributed by atoms with Crippen molar-refractivity contribution in [2.45, 2.75) is 19.9 Å². The van der Waals surface area contributed by atoms with Gasteiger partial charge in [0, 0.05) is 52.4 Å². The highest BCUT2D eigenvalue weighted by Gasteiger charge is 2.33. The van der Waals surface area contributed by atoms with Crippen molar-refractivity contribution in [1.82, 2.24) is 25.2 Å². The Kier molecular flexibility index (Phi) is 6.11. The number of oxazole rings is 1. The van der Waals surface area contributed by atoms with Gasteiger partial charge in [0.1, 0.15) is 11.3 Å². The molecule has 0 amide bonds. The smallest absolute Gasteiger partial charge is 0.295 e. The Morgan fingerprint density at radius 3 is 2.42 bits per heavy atom. The molecule has 2 aliphatic rings. The minimum atomic E-state index is 0.523. The molecule has 4 heterocycles. The normalized spacial score (nSPS) is 17.0. The Labute approximate surface area is 194 Å². The molecule has 2 aliphatic heterocycles. The molecule has 0 spiro atoms. The van der Waals surface area contributed by atoms with Crippen LogP contribution in [-0.2, 0) is 0 Å². The summed E-state index contributed by atoms with van der Waals surface area (Å²) in [6.07, 6.45) is 1.90. The van der Waals surface area contributed by atoms with E-state index < -0.39 is 0 Å². The lowest BCUT2D eigenvalue weighted by molar-refractivity contribution is 0.147. The van der Waals surface area contributed by atoms with Crippen molar-refractivity contribution in [1.29, 1.82) is 0 Å². The van der Waals surface area contributed by atoms with Crippen LogP contribution in [-0.4, -0.2) is 72.2 Å². The number of aromatic nitrogens is 3. The van der Waals surface area contributed by atoms with Gasteiger partial charge in [0.05, 0.1) is 17.2 Å². The van der Waals surface area contributed by atoms with Gasteiger partial charge >= 0.3 is 0 Å². The van der Waals surface area contributed by atoms with Crippen LogP contribution in [0.15, 0.2) is 47.0 Å². The van der Waals surface area contributed by atoms with Crippen molar-refractivity contribution in [3.63, 3.8) is 0 Å². The molecule has 0 saturated carbocycles. The van der Waals surface area contributed by atoms with E-state index in [1.165, 1.54) is 0 Å². The SMILES string of the molecule is CC.CNc1nc2cc(-c3ccc4ncc(N5CC(N6CCNCC6)C5)nc4c3)ccc2o1. The zero-order valence-electron chi connectivity index (χ0n) is 19.5. The second kappa shape index (κ2) is 9.33. The maximum absolute atomic E-state index is 5.63. The zero-order chi connectivity index (χ0) is 22.8. The molecule has 2 saturated heterocycles. The van der Waals surface area contributed by atoms with Gasteiger partial charge in [-0.1, -0.05) is 26.0 Å². The number of piperazine rings is 1. The molecule has 0 atom stereocenters. The fourth-order valence-electron chi connectivity index (χ4n) is 4.47. The van der Waals surface area contributed by atoms with Crippen LogP contribution < -0.4 is 15.5 Å². The topological polar surface area (TPSA) is 82.4 Å². The van der Waals surface area contributed by atoms with Crippen LogP contribution in [0.3, 0.4) is 0 Å². The first-order valence-electron chi connectivity index (χ1n) is 11.8. The summed E-state index contributed by atoms with van der Waals surface area (Å²) in [7, 11) is 1.80. The van der Waals surface area contributed by atoms with E-state index in [1.54, 1.807) is 7.05 Å². The van der Waals surface area contributed by atoms with E-state index in [-0.39, 0.29) is 0 Å². The highest BCUT2D eigenvalue weighted by molar-refractivity contribution is 5.86. The third kappa shape index (κ3) is 4.24. The van der Waals surface area contributed by atoms with Crippen LogP contribution >= 0.6 is 0 Å². The number of nitrogens with one attached hydrogen (secondary N) is 2. The maximum Gasteiger partial charge on any atom is 0.295 e. The van der Waals surface area contributed by atoms with Crippen molar-refractivity contribution < 1.29 is 4.42 Å². The van der Waals surface area contributed by atoms with Crippen LogP contribution in [0.4, 0.5) is 11.8 Å². The van der Waals surface area contributed by atoms with Crippen LogP contribution in [0, 0.1) is 0 Å². The van der Waals surface area contributed by atoms with Crippen LogP contribution in [0.2, 0.25) is 0 Å². The van der Waals surface area contributed by atoms with Gasteiger partial charge in [-0.05, 0) is 35.4 Å². The Hall–Kier alpha value is -3.23. The number of anilines is 2. The first-order valence-corrected chi connectivity index (χ1v) is 11.8. The second-order valence-corrected chi connectivity index (χ2v) is 8.23. The predicted molar refractivity (Wildman–Crippen MR) is 134 cm³/mol. The molecule has 2 aromatic carbocycles. The lowest BCUT2D eigenvalue weighted by atomic mass is 10.0. The van der Waals surface area contributed by atoms with E-state index in [2.05, 4.69) is 48.6 Å². The van der Waals surface area contributed by atoms with Crippen molar-refractivity contribution in [3.05, 3.63) is 42.6 Å². The van der Waals surface area contributed by atoms with E-state index in [0.29, 0.717) is 12.1 Å². The van der Waals surface area contributed by atoms with Crippen LogP contribution in [0.5, 0.6) is 0 Å². The van der Waals surface area contributed by atoms with Crippen molar-refractivity contribution >= 4 is 34.0 Å². The van der Waals surface area contributed by atoms with Crippen molar-refractivity contribution in [2.24, 2.45) is 0 Å². The van der Waals surface area contributed by atoms with Gasteiger partial charge in [0.15, 0.2) is 5.58 Å². The maximum atomic E-state index is 5.63. The minimum Gasteiger partial charge on any atom is -0.424 e. The van der Waals surface area contributed by atoms with E-state index >= 15 is 0 Å². The molecule has 33 heavy (non-hydrogen) atoms. The fraction of sp³-hybridized carbons (Fsp3) is 0.400. The van der Waals surface area contributed by atoms with E-state index in [0.717, 1.165) is 78.3 Å². The van der Waals surface area contributed by atoms with Crippen LogP contribution in [0.25, 0.3) is 33.3 Å². The Morgan fingerprint density at radius 2 is 1.67 bits per heavy atom. The third-order valence-electron chi connectivity index (χ3n) is 6.32. The van der Waals surface area contributed by atoms with E-state index in [1.807, 2.05) is 38.2 Å². The predicted octanol–water partition coefficient (Wildman–Crippen LogP) is 3.60. The lowest BCUT2D eigenvalue weighted by Gasteiger charge is -2.47. The molecule has 0 aliphatic carbocycles. The molecule has 0 radical (unpaired) electrons. The van der Waals surface area contributed by atoms with Gasteiger partial charge < -0.3 is 20.0 Å². The largest absolute Gasteiger partial charge is 0.424 e. The molecule has 8 heteroatoms. The first kappa shape index (κ1) is 21.6. The Balaban J connectivity index is 0.00000111. The minimum absolute atomic E-state index is 0.523. The summed E-state index contributed by atoms with van der Waals surface area (Å²) in [5, 5.41) is 6.37. The van der Waals surface area contributed by atoms with Gasteiger partial charge in [0.2, 0.25) is 0 Å². The molecule has 172 valence electrons. The lowest BCUT2D eigenvalue weighted by Crippen LogP contribution is -2.63. The second-order valence-electron chi connectivity index (χ2n) is 8.23. The number of benzene rings is 2. The Morgan fingerprint density at radius 1 is 0.939 bits per heavy atom. The summed E-state index contributed by atoms with van der Waals surface area (Å²) in [5.41, 5.74) is 5.61. The number of rotatable bonds is 4. The summed E-state index contributed by atoms with van der Waals surface area (Å²) < 4.78 is 5.63. The standard InChI is InChI=1S/C23H25N7O.C2H6/c1-24-23-28-20-11-16(3-5-21(20)31-23)15-2-4-18-19(10-15)27-22(12-26-18)30-13-17(14-30)29-8-6-25-7-9-29;1-2/h2-5,10-12,17,25H,6-9,13-14H2,1H3,(H,24,28);1-2H3. The molecular formula is C25H31N7O. The third-order valence-corrected chi connectivity index (χ3v) is 6.32. The number of hydrogen-bond donors (Lipinski definition) is 2. The molecule has 2 fully saturated rings. The van der Waals surface area contributed by atoms with E-state index in [4.69, 9.17) is 9.40 Å². The highest BCUT2D eigenvalue weighted by Crippen LogP contribution is 2.29. The van der Waals surface area contributed by atoms with Crippen LogP contribution in [0.1, 0.15) is 13.8 Å². The van der Waals surface area contributed by atoms with Gasteiger partial charge in [-0.2, -0.15) is 4.98 Å². The van der Waals surface area contributed by atoms with E-state index in [9.17, 15) is 0 Å². The number of fused-ring (bicyclic) bond motifs is 2. The van der Waals surface area contributed by atoms with Crippen molar-refractivity contribution in [3.8, 4) is 11.1 Å². The first-order chi connectivity index (χ1) is 16.3. The molecular weight excluding hydrogens is 414 g/mol. The van der Waals surface area contributed by atoms with Gasteiger partial charge in [0.25, 0.3) is 6.01 Å². The van der Waals surface area contributed by atoms with Gasteiger partial charge in [-0.15, -0.1) is 0 Å². The molecule has 0 unspecified atom stereocenters. The average molecular weight is 446 g/mol. The molecule has 4 aromatic rings.